The fraction of sp³-hybridized carbons (Fsp3) is 0.455. The van der Waals surface area contributed by atoms with Crippen molar-refractivity contribution in [2.24, 2.45) is 0 Å². The fourth-order valence-corrected chi connectivity index (χ4v) is 1.23. The van der Waals surface area contributed by atoms with E-state index in [9.17, 15) is 0 Å². The molecule has 0 aromatic heterocycles. The normalized spacial score (nSPS) is 10.5. The monoisotopic (exact) mass is 210 g/mol. The molecule has 1 aromatic rings. The van der Waals surface area contributed by atoms with Gasteiger partial charge in [0.2, 0.25) is 0 Å². The summed E-state index contributed by atoms with van der Waals surface area (Å²) in [5, 5.41) is 11.7. The summed E-state index contributed by atoms with van der Waals surface area (Å²) in [4.78, 5) is 0. The van der Waals surface area contributed by atoms with Crippen LogP contribution in [0, 0.1) is 0 Å². The molecule has 4 nitrogen and oxygen atoms in total. The molecular weight excluding hydrogens is 192 g/mol. The van der Waals surface area contributed by atoms with Gasteiger partial charge in [0, 0.05) is 18.8 Å². The Balaban J connectivity index is 2.12. The van der Waals surface area contributed by atoms with Crippen molar-refractivity contribution in [2.75, 3.05) is 32.1 Å². The highest BCUT2D eigenvalue weighted by atomic mass is 16.5. The molecule has 1 aromatic carbocycles. The average molecular weight is 210 g/mol. The SMILES string of the molecule is Nc1ccccc1CNCCOCCO. The lowest BCUT2D eigenvalue weighted by Gasteiger charge is -2.07. The van der Waals surface area contributed by atoms with Gasteiger partial charge in [-0.3, -0.25) is 0 Å². The molecule has 0 radical (unpaired) electrons. The van der Waals surface area contributed by atoms with Gasteiger partial charge in [-0.15, -0.1) is 0 Å². The van der Waals surface area contributed by atoms with Crippen molar-refractivity contribution in [3.63, 3.8) is 0 Å². The number of ether oxygens (including phenoxy) is 1. The standard InChI is InChI=1S/C11H18N2O2/c12-11-4-2-1-3-10(11)9-13-5-7-15-8-6-14/h1-4,13-14H,5-9,12H2. The zero-order valence-corrected chi connectivity index (χ0v) is 8.78. The lowest BCUT2D eigenvalue weighted by atomic mass is 10.2. The van der Waals surface area contributed by atoms with Crippen LogP contribution in [0.1, 0.15) is 5.56 Å². The van der Waals surface area contributed by atoms with E-state index in [1.54, 1.807) is 0 Å². The predicted molar refractivity (Wildman–Crippen MR) is 60.5 cm³/mol. The minimum atomic E-state index is 0.0750. The second-order valence-corrected chi connectivity index (χ2v) is 3.21. The molecule has 84 valence electrons. The number of hydrogen-bond acceptors (Lipinski definition) is 4. The molecule has 0 amide bonds. The van der Waals surface area contributed by atoms with Crippen molar-refractivity contribution >= 4 is 5.69 Å². The van der Waals surface area contributed by atoms with Gasteiger partial charge in [-0.05, 0) is 11.6 Å². The van der Waals surface area contributed by atoms with Gasteiger partial charge in [-0.25, -0.2) is 0 Å². The zero-order chi connectivity index (χ0) is 10.9. The van der Waals surface area contributed by atoms with E-state index in [0.29, 0.717) is 13.2 Å². The summed E-state index contributed by atoms with van der Waals surface area (Å²) < 4.78 is 5.11. The number of hydrogen-bond donors (Lipinski definition) is 3. The molecule has 1 rings (SSSR count). The number of anilines is 1. The van der Waals surface area contributed by atoms with Crippen LogP contribution in [-0.4, -0.2) is 31.5 Å². The fourth-order valence-electron chi connectivity index (χ4n) is 1.23. The van der Waals surface area contributed by atoms with Crippen LogP contribution in [0.15, 0.2) is 24.3 Å². The molecule has 4 N–H and O–H groups in total. The average Bonchev–Trinajstić information content (AvgIpc) is 2.25. The Hall–Kier alpha value is -1.10. The molecule has 0 aliphatic rings. The molecule has 15 heavy (non-hydrogen) atoms. The van der Waals surface area contributed by atoms with Gasteiger partial charge in [0.25, 0.3) is 0 Å². The van der Waals surface area contributed by atoms with Crippen molar-refractivity contribution in [3.8, 4) is 0 Å². The van der Waals surface area contributed by atoms with Gasteiger partial charge < -0.3 is 20.9 Å². The first-order valence-corrected chi connectivity index (χ1v) is 5.07. The van der Waals surface area contributed by atoms with Crippen molar-refractivity contribution in [3.05, 3.63) is 29.8 Å². The van der Waals surface area contributed by atoms with Crippen LogP contribution in [-0.2, 0) is 11.3 Å². The number of benzene rings is 1. The van der Waals surface area contributed by atoms with E-state index < -0.39 is 0 Å². The van der Waals surface area contributed by atoms with Crippen molar-refractivity contribution < 1.29 is 9.84 Å². The van der Waals surface area contributed by atoms with Gasteiger partial charge in [-0.1, -0.05) is 18.2 Å². The maximum atomic E-state index is 8.48. The van der Waals surface area contributed by atoms with E-state index in [2.05, 4.69) is 5.32 Å². The summed E-state index contributed by atoms with van der Waals surface area (Å²) in [6.45, 7) is 2.58. The quantitative estimate of drug-likeness (QED) is 0.449. The Labute approximate surface area is 90.1 Å². The molecule has 0 heterocycles. The largest absolute Gasteiger partial charge is 0.398 e. The maximum absolute atomic E-state index is 8.48. The number of rotatable bonds is 7. The molecule has 0 aliphatic heterocycles. The summed E-state index contributed by atoms with van der Waals surface area (Å²) >= 11 is 0. The van der Waals surface area contributed by atoms with E-state index in [-0.39, 0.29) is 6.61 Å². The molecule has 0 bridgehead atoms. The highest BCUT2D eigenvalue weighted by molar-refractivity contribution is 5.46. The highest BCUT2D eigenvalue weighted by Gasteiger charge is 1.96. The van der Waals surface area contributed by atoms with Gasteiger partial charge in [0.1, 0.15) is 0 Å². The number of para-hydroxylation sites is 1. The lowest BCUT2D eigenvalue weighted by Crippen LogP contribution is -2.20. The van der Waals surface area contributed by atoms with Crippen LogP contribution in [0.5, 0.6) is 0 Å². The Morgan fingerprint density at radius 1 is 1.27 bits per heavy atom. The molecule has 0 spiro atoms. The van der Waals surface area contributed by atoms with Crippen molar-refractivity contribution in [1.82, 2.24) is 5.32 Å². The van der Waals surface area contributed by atoms with Crippen LogP contribution in [0.25, 0.3) is 0 Å². The summed E-state index contributed by atoms with van der Waals surface area (Å²) in [5.74, 6) is 0. The number of nitrogens with two attached hydrogens (primary N) is 1. The maximum Gasteiger partial charge on any atom is 0.0698 e. The van der Waals surface area contributed by atoms with Gasteiger partial charge >= 0.3 is 0 Å². The van der Waals surface area contributed by atoms with Crippen LogP contribution in [0.2, 0.25) is 0 Å². The molecular formula is C11H18N2O2. The molecule has 4 heteroatoms. The van der Waals surface area contributed by atoms with E-state index in [1.807, 2.05) is 24.3 Å². The first-order chi connectivity index (χ1) is 7.34. The Morgan fingerprint density at radius 2 is 2.07 bits per heavy atom. The lowest BCUT2D eigenvalue weighted by molar-refractivity contribution is 0.0938. The van der Waals surface area contributed by atoms with Gasteiger partial charge in [-0.2, -0.15) is 0 Å². The summed E-state index contributed by atoms with van der Waals surface area (Å²) in [5.41, 5.74) is 7.68. The van der Waals surface area contributed by atoms with E-state index in [1.165, 1.54) is 0 Å². The van der Waals surface area contributed by atoms with Crippen LogP contribution in [0.3, 0.4) is 0 Å². The molecule has 0 saturated heterocycles. The summed E-state index contributed by atoms with van der Waals surface area (Å²) in [6, 6.07) is 7.77. The van der Waals surface area contributed by atoms with Gasteiger partial charge in [0.05, 0.1) is 19.8 Å². The smallest absolute Gasteiger partial charge is 0.0698 e. The topological polar surface area (TPSA) is 67.5 Å². The molecule has 0 atom stereocenters. The Morgan fingerprint density at radius 3 is 2.80 bits per heavy atom. The van der Waals surface area contributed by atoms with Crippen molar-refractivity contribution in [1.29, 1.82) is 0 Å². The molecule has 0 saturated carbocycles. The molecule has 0 unspecified atom stereocenters. The third kappa shape index (κ3) is 4.78. The minimum absolute atomic E-state index is 0.0750. The van der Waals surface area contributed by atoms with E-state index >= 15 is 0 Å². The van der Waals surface area contributed by atoms with Crippen LogP contribution in [0.4, 0.5) is 5.69 Å². The van der Waals surface area contributed by atoms with Crippen molar-refractivity contribution in [2.45, 2.75) is 6.54 Å². The second-order valence-electron chi connectivity index (χ2n) is 3.21. The van der Waals surface area contributed by atoms with Crippen LogP contribution >= 0.6 is 0 Å². The third-order valence-corrected chi connectivity index (χ3v) is 2.03. The highest BCUT2D eigenvalue weighted by Crippen LogP contribution is 2.09. The third-order valence-electron chi connectivity index (χ3n) is 2.03. The summed E-state index contributed by atoms with van der Waals surface area (Å²) in [7, 11) is 0. The zero-order valence-electron chi connectivity index (χ0n) is 8.78. The minimum Gasteiger partial charge on any atom is -0.398 e. The number of nitrogen functional groups attached to an aromatic ring is 1. The number of aliphatic hydroxyl groups is 1. The second kappa shape index (κ2) is 7.23. The predicted octanol–water partition coefficient (Wildman–Crippen LogP) is 0.367. The number of aliphatic hydroxyl groups excluding tert-OH is 1. The molecule has 0 aliphatic carbocycles. The van der Waals surface area contributed by atoms with Gasteiger partial charge in [0.15, 0.2) is 0 Å². The summed E-state index contributed by atoms with van der Waals surface area (Å²) in [6.07, 6.45) is 0. The first kappa shape index (κ1) is 12.0. The van der Waals surface area contributed by atoms with E-state index in [4.69, 9.17) is 15.6 Å². The number of nitrogens with one attached hydrogen (secondary N) is 1. The Bertz CT molecular complexity index is 279. The van der Waals surface area contributed by atoms with E-state index in [0.717, 1.165) is 24.3 Å². The van der Waals surface area contributed by atoms with Crippen LogP contribution < -0.4 is 11.1 Å². The first-order valence-electron chi connectivity index (χ1n) is 5.07. The molecule has 0 fully saturated rings. The Kier molecular flexibility index (Phi) is 5.77.